The molecule has 6 nitrogen and oxygen atoms in total. The lowest BCUT2D eigenvalue weighted by molar-refractivity contribution is -0.121. The molecule has 6 heteroatoms. The van der Waals surface area contributed by atoms with E-state index in [4.69, 9.17) is 10.00 Å². The number of rotatable bonds is 10. The molecule has 0 spiro atoms. The van der Waals surface area contributed by atoms with Crippen molar-refractivity contribution in [2.24, 2.45) is 0 Å². The summed E-state index contributed by atoms with van der Waals surface area (Å²) < 4.78 is 7.55. The molecular weight excluding hydrogens is 352 g/mol. The van der Waals surface area contributed by atoms with Gasteiger partial charge in [-0.3, -0.25) is 9.48 Å². The summed E-state index contributed by atoms with van der Waals surface area (Å²) in [5.41, 5.74) is 5.24. The summed E-state index contributed by atoms with van der Waals surface area (Å²) in [4.78, 5) is 12.4. The smallest absolute Gasteiger partial charge is 0.220 e. The predicted octanol–water partition coefficient (Wildman–Crippen LogP) is 3.59. The van der Waals surface area contributed by atoms with Crippen LogP contribution in [-0.4, -0.2) is 21.8 Å². The fraction of sp³-hybridized carbons (Fsp3) is 0.500. The number of aromatic nitrogens is 2. The zero-order valence-electron chi connectivity index (χ0n) is 17.3. The molecule has 0 radical (unpaired) electrons. The molecule has 1 N–H and O–H groups in total. The lowest BCUT2D eigenvalue weighted by Crippen LogP contribution is -2.24. The molecule has 2 aromatic rings. The van der Waals surface area contributed by atoms with Crippen molar-refractivity contribution in [3.63, 3.8) is 0 Å². The molecule has 0 saturated carbocycles. The number of amides is 1. The lowest BCUT2D eigenvalue weighted by atomic mass is 10.1. The van der Waals surface area contributed by atoms with Crippen molar-refractivity contribution in [3.8, 4) is 6.07 Å². The van der Waals surface area contributed by atoms with Crippen LogP contribution in [0.2, 0.25) is 0 Å². The van der Waals surface area contributed by atoms with Gasteiger partial charge in [0.15, 0.2) is 0 Å². The summed E-state index contributed by atoms with van der Waals surface area (Å²) in [7, 11) is 0. The van der Waals surface area contributed by atoms with Crippen LogP contribution in [0.3, 0.4) is 0 Å². The monoisotopic (exact) mass is 382 g/mol. The topological polar surface area (TPSA) is 79.9 Å². The molecule has 28 heavy (non-hydrogen) atoms. The van der Waals surface area contributed by atoms with E-state index in [1.54, 1.807) is 0 Å². The first kappa shape index (κ1) is 21.6. The van der Waals surface area contributed by atoms with Crippen molar-refractivity contribution in [3.05, 3.63) is 52.3 Å². The number of aryl methyl sites for hydroxylation is 2. The number of ether oxygens (including phenoxy) is 1. The second kappa shape index (κ2) is 10.6. The Bertz CT molecular complexity index is 834. The van der Waals surface area contributed by atoms with E-state index >= 15 is 0 Å². The molecule has 0 bridgehead atoms. The van der Waals surface area contributed by atoms with Crippen LogP contribution >= 0.6 is 0 Å². The highest BCUT2D eigenvalue weighted by Gasteiger charge is 2.13. The Morgan fingerprint density at radius 3 is 2.68 bits per heavy atom. The van der Waals surface area contributed by atoms with E-state index in [2.05, 4.69) is 16.5 Å². The van der Waals surface area contributed by atoms with Crippen LogP contribution in [0.25, 0.3) is 0 Å². The molecular formula is C22H30N4O2. The molecule has 0 aliphatic rings. The molecule has 0 aliphatic carbocycles. The maximum Gasteiger partial charge on any atom is 0.220 e. The molecule has 1 heterocycles. The minimum absolute atomic E-state index is 0.0168. The van der Waals surface area contributed by atoms with Gasteiger partial charge in [-0.25, -0.2) is 0 Å². The first-order chi connectivity index (χ1) is 13.4. The Morgan fingerprint density at radius 1 is 1.29 bits per heavy atom. The average Bonchev–Trinajstić information content (AvgIpc) is 2.94. The van der Waals surface area contributed by atoms with Crippen LogP contribution in [-0.2, 0) is 35.6 Å². The van der Waals surface area contributed by atoms with E-state index in [0.717, 1.165) is 28.1 Å². The largest absolute Gasteiger partial charge is 0.374 e. The third kappa shape index (κ3) is 6.21. The number of nitriles is 1. The van der Waals surface area contributed by atoms with Crippen molar-refractivity contribution in [1.29, 1.82) is 5.26 Å². The van der Waals surface area contributed by atoms with Gasteiger partial charge in [-0.1, -0.05) is 24.3 Å². The van der Waals surface area contributed by atoms with E-state index in [0.29, 0.717) is 39.0 Å². The summed E-state index contributed by atoms with van der Waals surface area (Å²) in [6.45, 7) is 9.60. The van der Waals surface area contributed by atoms with Crippen LogP contribution in [0.5, 0.6) is 0 Å². The second-order valence-electron chi connectivity index (χ2n) is 7.19. The van der Waals surface area contributed by atoms with Crippen LogP contribution < -0.4 is 5.32 Å². The van der Waals surface area contributed by atoms with Crippen molar-refractivity contribution in [2.75, 3.05) is 0 Å². The summed E-state index contributed by atoms with van der Waals surface area (Å²) in [5, 5.41) is 16.2. The van der Waals surface area contributed by atoms with Gasteiger partial charge < -0.3 is 10.1 Å². The van der Waals surface area contributed by atoms with E-state index in [9.17, 15) is 4.79 Å². The highest BCUT2D eigenvalue weighted by atomic mass is 16.5. The molecule has 0 unspecified atom stereocenters. The molecule has 2 rings (SSSR count). The van der Waals surface area contributed by atoms with Crippen LogP contribution in [0.1, 0.15) is 54.8 Å². The zero-order valence-corrected chi connectivity index (χ0v) is 17.3. The predicted molar refractivity (Wildman–Crippen MR) is 108 cm³/mol. The second-order valence-corrected chi connectivity index (χ2v) is 7.19. The van der Waals surface area contributed by atoms with Gasteiger partial charge in [0.25, 0.3) is 0 Å². The highest BCUT2D eigenvalue weighted by molar-refractivity contribution is 5.76. The first-order valence-corrected chi connectivity index (χ1v) is 9.77. The van der Waals surface area contributed by atoms with E-state index < -0.39 is 0 Å². The zero-order chi connectivity index (χ0) is 20.5. The first-order valence-electron chi connectivity index (χ1n) is 9.77. The average molecular weight is 383 g/mol. The normalized spacial score (nSPS) is 10.9. The summed E-state index contributed by atoms with van der Waals surface area (Å²) in [5.74, 6) is 0.0168. The number of carbonyl (C=O) groups excluding carboxylic acids is 1. The van der Waals surface area contributed by atoms with E-state index in [1.165, 1.54) is 0 Å². The SMILES string of the molecule is Cc1nn(CCC#N)c(C)c1CCC(=O)NCc1ccccc1COC(C)C. The molecule has 0 fully saturated rings. The molecule has 150 valence electrons. The van der Waals surface area contributed by atoms with E-state index in [1.807, 2.05) is 56.6 Å². The molecule has 1 aromatic heterocycles. The van der Waals surface area contributed by atoms with Crippen LogP contribution in [0.4, 0.5) is 0 Å². The fourth-order valence-electron chi connectivity index (χ4n) is 3.12. The van der Waals surface area contributed by atoms with Crippen molar-refractivity contribution < 1.29 is 9.53 Å². The van der Waals surface area contributed by atoms with Gasteiger partial charge in [0, 0.05) is 18.7 Å². The molecule has 0 aliphatic heterocycles. The van der Waals surface area contributed by atoms with Crippen molar-refractivity contribution in [1.82, 2.24) is 15.1 Å². The third-order valence-corrected chi connectivity index (χ3v) is 4.74. The minimum Gasteiger partial charge on any atom is -0.374 e. The molecule has 0 saturated heterocycles. The van der Waals surface area contributed by atoms with Gasteiger partial charge in [0.1, 0.15) is 0 Å². The number of benzene rings is 1. The Kier molecular flexibility index (Phi) is 8.21. The lowest BCUT2D eigenvalue weighted by Gasteiger charge is -2.13. The third-order valence-electron chi connectivity index (χ3n) is 4.74. The Labute approximate surface area is 167 Å². The minimum atomic E-state index is 0.0168. The molecule has 1 amide bonds. The number of hydrogen-bond donors (Lipinski definition) is 1. The van der Waals surface area contributed by atoms with Gasteiger partial charge in [0.05, 0.1) is 37.4 Å². The van der Waals surface area contributed by atoms with Crippen molar-refractivity contribution >= 4 is 5.91 Å². The number of nitrogens with zero attached hydrogens (tertiary/aromatic N) is 3. The van der Waals surface area contributed by atoms with Gasteiger partial charge in [-0.05, 0) is 50.8 Å². The molecule has 0 atom stereocenters. The number of carbonyl (C=O) groups is 1. The fourth-order valence-corrected chi connectivity index (χ4v) is 3.12. The number of hydrogen-bond acceptors (Lipinski definition) is 4. The molecule has 1 aromatic carbocycles. The van der Waals surface area contributed by atoms with Crippen molar-refractivity contribution in [2.45, 2.75) is 72.8 Å². The summed E-state index contributed by atoms with van der Waals surface area (Å²) in [6, 6.07) is 10.2. The summed E-state index contributed by atoms with van der Waals surface area (Å²) in [6.07, 6.45) is 1.66. The van der Waals surface area contributed by atoms with E-state index in [-0.39, 0.29) is 12.0 Å². The Balaban J connectivity index is 1.89. The van der Waals surface area contributed by atoms with Crippen LogP contribution in [0, 0.1) is 25.2 Å². The maximum atomic E-state index is 12.4. The Morgan fingerprint density at radius 2 is 2.00 bits per heavy atom. The Hall–Kier alpha value is -2.65. The van der Waals surface area contributed by atoms with Gasteiger partial charge in [0.2, 0.25) is 5.91 Å². The number of nitrogens with one attached hydrogen (secondary N) is 1. The summed E-state index contributed by atoms with van der Waals surface area (Å²) >= 11 is 0. The van der Waals surface area contributed by atoms with Gasteiger partial charge in [-0.2, -0.15) is 10.4 Å². The van der Waals surface area contributed by atoms with Gasteiger partial charge >= 0.3 is 0 Å². The van der Waals surface area contributed by atoms with Gasteiger partial charge in [-0.15, -0.1) is 0 Å². The standard InChI is InChI=1S/C22H30N4O2/c1-16(2)28-15-20-9-6-5-8-19(20)14-24-22(27)11-10-21-17(3)25-26(18(21)4)13-7-12-23/h5-6,8-9,16H,7,10-11,13-15H2,1-4H3,(H,24,27). The highest BCUT2D eigenvalue weighted by Crippen LogP contribution is 2.16. The maximum absolute atomic E-state index is 12.4. The quantitative estimate of drug-likeness (QED) is 0.681. The van der Waals surface area contributed by atoms with Crippen LogP contribution in [0.15, 0.2) is 24.3 Å².